The Bertz CT molecular complexity index is 1160. The Morgan fingerprint density at radius 1 is 1.23 bits per heavy atom. The standard InChI is InChI=1S/C18H15N5O2S/c1-11-7-9-26-14(11)10-23-15(6-8-19-23)20-18(25)16-12-4-2-3-5-13(12)17(24)22-21-16/h2-9H,10H2,1H3,(H,20,25)(H,22,24). The van der Waals surface area contributed by atoms with Crippen LogP contribution in [-0.4, -0.2) is 25.9 Å². The number of amides is 1. The molecule has 4 aromatic rings. The number of carbonyl (C=O) groups excluding carboxylic acids is 1. The highest BCUT2D eigenvalue weighted by Crippen LogP contribution is 2.20. The van der Waals surface area contributed by atoms with Gasteiger partial charge in [-0.25, -0.2) is 9.78 Å². The third-order valence-electron chi connectivity index (χ3n) is 4.13. The first kappa shape index (κ1) is 16.2. The first-order valence-corrected chi connectivity index (χ1v) is 8.85. The van der Waals surface area contributed by atoms with Gasteiger partial charge in [0, 0.05) is 16.3 Å². The molecule has 0 saturated carbocycles. The summed E-state index contributed by atoms with van der Waals surface area (Å²) in [5.74, 6) is 0.169. The summed E-state index contributed by atoms with van der Waals surface area (Å²) in [7, 11) is 0. The van der Waals surface area contributed by atoms with Gasteiger partial charge in [0.05, 0.1) is 18.1 Å². The lowest BCUT2D eigenvalue weighted by Crippen LogP contribution is -2.21. The average molecular weight is 365 g/mol. The Hall–Kier alpha value is -3.26. The van der Waals surface area contributed by atoms with Gasteiger partial charge in [-0.1, -0.05) is 18.2 Å². The van der Waals surface area contributed by atoms with E-state index in [1.165, 1.54) is 10.4 Å². The zero-order valence-electron chi connectivity index (χ0n) is 13.9. The molecule has 0 aliphatic heterocycles. The lowest BCUT2D eigenvalue weighted by Gasteiger charge is -2.09. The van der Waals surface area contributed by atoms with Crippen LogP contribution in [-0.2, 0) is 6.54 Å². The SMILES string of the molecule is Cc1ccsc1Cn1nccc1NC(=O)c1n[nH]c(=O)c2ccccc12. The number of aromatic amines is 1. The van der Waals surface area contributed by atoms with E-state index in [0.29, 0.717) is 23.1 Å². The Balaban J connectivity index is 1.64. The summed E-state index contributed by atoms with van der Waals surface area (Å²) in [4.78, 5) is 25.8. The van der Waals surface area contributed by atoms with Crippen LogP contribution in [0.4, 0.5) is 5.82 Å². The lowest BCUT2D eigenvalue weighted by molar-refractivity contribution is 0.102. The van der Waals surface area contributed by atoms with Crippen molar-refractivity contribution in [2.24, 2.45) is 0 Å². The van der Waals surface area contributed by atoms with E-state index in [-0.39, 0.29) is 11.3 Å². The molecular weight excluding hydrogens is 350 g/mol. The van der Waals surface area contributed by atoms with Crippen molar-refractivity contribution in [3.63, 3.8) is 0 Å². The molecule has 0 spiro atoms. The van der Waals surface area contributed by atoms with Gasteiger partial charge >= 0.3 is 0 Å². The van der Waals surface area contributed by atoms with Gasteiger partial charge in [0.25, 0.3) is 11.5 Å². The summed E-state index contributed by atoms with van der Waals surface area (Å²) in [6.07, 6.45) is 1.64. The van der Waals surface area contributed by atoms with Crippen molar-refractivity contribution in [3.8, 4) is 0 Å². The first-order chi connectivity index (χ1) is 12.6. The highest BCUT2D eigenvalue weighted by atomic mass is 32.1. The average Bonchev–Trinajstić information content (AvgIpc) is 3.25. The fourth-order valence-electron chi connectivity index (χ4n) is 2.73. The number of hydrogen-bond acceptors (Lipinski definition) is 5. The van der Waals surface area contributed by atoms with Gasteiger partial charge in [-0.15, -0.1) is 11.3 Å². The van der Waals surface area contributed by atoms with Gasteiger partial charge in [0.1, 0.15) is 5.82 Å². The van der Waals surface area contributed by atoms with E-state index in [0.717, 1.165) is 0 Å². The van der Waals surface area contributed by atoms with Gasteiger partial charge in [0.2, 0.25) is 0 Å². The number of carbonyl (C=O) groups is 1. The van der Waals surface area contributed by atoms with Gasteiger partial charge in [-0.3, -0.25) is 9.59 Å². The number of H-pyrrole nitrogens is 1. The number of hydrogen-bond donors (Lipinski definition) is 2. The molecule has 130 valence electrons. The summed E-state index contributed by atoms with van der Waals surface area (Å²) in [6.45, 7) is 2.62. The number of benzene rings is 1. The molecule has 26 heavy (non-hydrogen) atoms. The van der Waals surface area contributed by atoms with E-state index in [1.807, 2.05) is 12.3 Å². The van der Waals surface area contributed by atoms with Crippen molar-refractivity contribution >= 4 is 33.8 Å². The van der Waals surface area contributed by atoms with Gasteiger partial charge in [0.15, 0.2) is 5.69 Å². The van der Waals surface area contributed by atoms with Crippen LogP contribution in [0.1, 0.15) is 20.9 Å². The number of thiophene rings is 1. The number of aryl methyl sites for hydroxylation is 1. The minimum Gasteiger partial charge on any atom is -0.305 e. The van der Waals surface area contributed by atoms with E-state index >= 15 is 0 Å². The van der Waals surface area contributed by atoms with Crippen LogP contribution < -0.4 is 10.9 Å². The molecule has 0 bridgehead atoms. The molecular formula is C18H15N5O2S. The van der Waals surface area contributed by atoms with E-state index in [1.54, 1.807) is 52.5 Å². The first-order valence-electron chi connectivity index (χ1n) is 7.97. The number of aromatic nitrogens is 4. The van der Waals surface area contributed by atoms with Crippen LogP contribution in [0, 0.1) is 6.92 Å². The maximum absolute atomic E-state index is 12.7. The van der Waals surface area contributed by atoms with Crippen LogP contribution in [0.2, 0.25) is 0 Å². The normalized spacial score (nSPS) is 11.0. The summed E-state index contributed by atoms with van der Waals surface area (Å²) in [5, 5.41) is 16.4. The van der Waals surface area contributed by atoms with Crippen molar-refractivity contribution in [1.82, 2.24) is 20.0 Å². The molecule has 8 heteroatoms. The van der Waals surface area contributed by atoms with Crippen molar-refractivity contribution in [1.29, 1.82) is 0 Å². The van der Waals surface area contributed by atoms with Gasteiger partial charge in [-0.05, 0) is 30.0 Å². The third kappa shape index (κ3) is 2.91. The van der Waals surface area contributed by atoms with E-state index in [2.05, 4.69) is 26.7 Å². The summed E-state index contributed by atoms with van der Waals surface area (Å²) < 4.78 is 1.73. The quantitative estimate of drug-likeness (QED) is 0.582. The molecule has 3 aromatic heterocycles. The van der Waals surface area contributed by atoms with Gasteiger partial charge < -0.3 is 5.32 Å². The Labute approximate surface area is 152 Å². The van der Waals surface area contributed by atoms with Crippen LogP contribution in [0.25, 0.3) is 10.8 Å². The maximum Gasteiger partial charge on any atom is 0.277 e. The number of nitrogens with zero attached hydrogens (tertiary/aromatic N) is 3. The molecule has 1 amide bonds. The molecule has 0 fully saturated rings. The molecule has 1 aromatic carbocycles. The minimum absolute atomic E-state index is 0.167. The summed E-state index contributed by atoms with van der Waals surface area (Å²) in [6, 6.07) is 10.7. The van der Waals surface area contributed by atoms with Crippen molar-refractivity contribution in [3.05, 3.63) is 74.5 Å². The lowest BCUT2D eigenvalue weighted by atomic mass is 10.1. The Kier molecular flexibility index (Phi) is 4.10. The molecule has 0 aliphatic carbocycles. The minimum atomic E-state index is -0.401. The molecule has 0 unspecified atom stereocenters. The molecule has 0 aliphatic rings. The van der Waals surface area contributed by atoms with Gasteiger partial charge in [-0.2, -0.15) is 10.2 Å². The molecule has 7 nitrogen and oxygen atoms in total. The largest absolute Gasteiger partial charge is 0.305 e. The summed E-state index contributed by atoms with van der Waals surface area (Å²) >= 11 is 1.65. The number of nitrogens with one attached hydrogen (secondary N) is 2. The molecule has 4 rings (SSSR count). The highest BCUT2D eigenvalue weighted by molar-refractivity contribution is 7.10. The maximum atomic E-state index is 12.7. The summed E-state index contributed by atoms with van der Waals surface area (Å²) in [5.41, 5.74) is 1.03. The molecule has 0 saturated heterocycles. The van der Waals surface area contributed by atoms with E-state index in [4.69, 9.17) is 0 Å². The molecule has 0 atom stereocenters. The second kappa shape index (κ2) is 6.57. The van der Waals surface area contributed by atoms with Crippen molar-refractivity contribution in [2.45, 2.75) is 13.5 Å². The number of rotatable bonds is 4. The predicted octanol–water partition coefficient (Wildman–Crippen LogP) is 2.79. The second-order valence-corrected chi connectivity index (χ2v) is 6.80. The fourth-order valence-corrected chi connectivity index (χ4v) is 3.62. The van der Waals surface area contributed by atoms with E-state index in [9.17, 15) is 9.59 Å². The highest BCUT2D eigenvalue weighted by Gasteiger charge is 2.16. The number of fused-ring (bicyclic) bond motifs is 1. The number of anilines is 1. The van der Waals surface area contributed by atoms with Crippen molar-refractivity contribution in [2.75, 3.05) is 5.32 Å². The zero-order chi connectivity index (χ0) is 18.1. The van der Waals surface area contributed by atoms with Crippen molar-refractivity contribution < 1.29 is 4.79 Å². The van der Waals surface area contributed by atoms with Crippen LogP contribution >= 0.6 is 11.3 Å². The van der Waals surface area contributed by atoms with E-state index < -0.39 is 5.91 Å². The monoisotopic (exact) mass is 365 g/mol. The second-order valence-electron chi connectivity index (χ2n) is 5.80. The Morgan fingerprint density at radius 2 is 2.04 bits per heavy atom. The zero-order valence-corrected chi connectivity index (χ0v) is 14.7. The fraction of sp³-hybridized carbons (Fsp3) is 0.111. The van der Waals surface area contributed by atoms with Crippen LogP contribution in [0.15, 0.2) is 52.8 Å². The van der Waals surface area contributed by atoms with Crippen LogP contribution in [0.5, 0.6) is 0 Å². The smallest absolute Gasteiger partial charge is 0.277 e. The molecule has 0 radical (unpaired) electrons. The topological polar surface area (TPSA) is 92.7 Å². The Morgan fingerprint density at radius 3 is 2.81 bits per heavy atom. The van der Waals surface area contributed by atoms with Crippen LogP contribution in [0.3, 0.4) is 0 Å². The molecule has 3 heterocycles. The third-order valence-corrected chi connectivity index (χ3v) is 5.14. The predicted molar refractivity (Wildman–Crippen MR) is 101 cm³/mol. The molecule has 2 N–H and O–H groups in total.